The fourth-order valence-corrected chi connectivity index (χ4v) is 4.49. The summed E-state index contributed by atoms with van der Waals surface area (Å²) in [6.45, 7) is 4.91. The highest BCUT2D eigenvalue weighted by atomic mass is 35.5. The molecule has 26 heavy (non-hydrogen) atoms. The van der Waals surface area contributed by atoms with Gasteiger partial charge in [0.1, 0.15) is 5.82 Å². The molecule has 0 radical (unpaired) electrons. The van der Waals surface area contributed by atoms with Crippen molar-refractivity contribution in [2.75, 3.05) is 50.1 Å². The Hall–Kier alpha value is -1.86. The molecule has 3 heterocycles. The summed E-state index contributed by atoms with van der Waals surface area (Å²) in [6, 6.07) is 0.232. The second-order valence-corrected chi connectivity index (χ2v) is 7.80. The van der Waals surface area contributed by atoms with E-state index in [4.69, 9.17) is 11.6 Å². The van der Waals surface area contributed by atoms with Gasteiger partial charge in [0.15, 0.2) is 5.82 Å². The first-order valence-electron chi connectivity index (χ1n) is 8.85. The quantitative estimate of drug-likeness (QED) is 0.700. The van der Waals surface area contributed by atoms with Crippen molar-refractivity contribution in [1.29, 1.82) is 0 Å². The van der Waals surface area contributed by atoms with Crippen LogP contribution in [-0.2, 0) is 7.05 Å². The third-order valence-electron chi connectivity index (χ3n) is 5.73. The predicted molar refractivity (Wildman–Crippen MR) is 103 cm³/mol. The molecule has 1 fully saturated rings. The van der Waals surface area contributed by atoms with Crippen molar-refractivity contribution in [3.8, 4) is 0 Å². The van der Waals surface area contributed by atoms with Gasteiger partial charge in [0.05, 0.1) is 21.6 Å². The molecule has 6 nitrogen and oxygen atoms in total. The summed E-state index contributed by atoms with van der Waals surface area (Å²) in [5.74, 6) is 0.225. The van der Waals surface area contributed by atoms with E-state index in [1.54, 1.807) is 14.0 Å². The van der Waals surface area contributed by atoms with Gasteiger partial charge in [0, 0.05) is 51.9 Å². The van der Waals surface area contributed by atoms with Crippen molar-refractivity contribution < 1.29 is 4.39 Å². The van der Waals surface area contributed by atoms with Crippen LogP contribution in [0, 0.1) is 12.7 Å². The van der Waals surface area contributed by atoms with E-state index in [9.17, 15) is 4.79 Å². The van der Waals surface area contributed by atoms with E-state index in [0.717, 1.165) is 32.6 Å². The molecule has 140 valence electrons. The van der Waals surface area contributed by atoms with Gasteiger partial charge in [0.2, 0.25) is 0 Å². The molecule has 1 atom stereocenters. The minimum atomic E-state index is -0.368. The van der Waals surface area contributed by atoms with Gasteiger partial charge in [-0.15, -0.1) is 0 Å². The highest BCUT2D eigenvalue weighted by molar-refractivity contribution is 6.37. The van der Waals surface area contributed by atoms with Crippen LogP contribution >= 0.6 is 11.6 Å². The SMILES string of the molecule is Cc1c(F)c2c3c(nc(=O)n(C)c3c1Cl)N1CCN(C)CC1CCN2C. The number of rotatable bonds is 0. The summed E-state index contributed by atoms with van der Waals surface area (Å²) in [5, 5.41) is 0.918. The Labute approximate surface area is 156 Å². The molecule has 1 aromatic carbocycles. The number of likely N-dealkylation sites (N-methyl/N-ethyl adjacent to an activating group) is 1. The maximum Gasteiger partial charge on any atom is 0.349 e. The van der Waals surface area contributed by atoms with Crippen LogP contribution in [0.2, 0.25) is 5.02 Å². The summed E-state index contributed by atoms with van der Waals surface area (Å²) in [6.07, 6.45) is 0.875. The molecule has 8 heteroatoms. The zero-order valence-corrected chi connectivity index (χ0v) is 16.3. The van der Waals surface area contributed by atoms with Gasteiger partial charge in [-0.05, 0) is 20.4 Å². The standard InChI is InChI=1S/C18H23ClFN5O/c1-10-13(19)15-12-16(14(10)20)23(3)6-5-11-9-22(2)7-8-25(11)17(12)21-18(26)24(15)4/h11H,5-9H2,1-4H3. The first kappa shape index (κ1) is 17.5. The van der Waals surface area contributed by atoms with Gasteiger partial charge in [0.25, 0.3) is 0 Å². The monoisotopic (exact) mass is 379 g/mol. The van der Waals surface area contributed by atoms with Crippen molar-refractivity contribution in [3.05, 3.63) is 26.9 Å². The van der Waals surface area contributed by atoms with E-state index in [2.05, 4.69) is 21.8 Å². The summed E-state index contributed by atoms with van der Waals surface area (Å²) < 4.78 is 16.6. The number of hydrogen-bond acceptors (Lipinski definition) is 5. The van der Waals surface area contributed by atoms with Gasteiger partial charge in [-0.2, -0.15) is 4.98 Å². The van der Waals surface area contributed by atoms with Crippen molar-refractivity contribution in [2.24, 2.45) is 7.05 Å². The average molecular weight is 380 g/mol. The van der Waals surface area contributed by atoms with Gasteiger partial charge >= 0.3 is 5.69 Å². The topological polar surface area (TPSA) is 44.6 Å². The summed E-state index contributed by atoms with van der Waals surface area (Å²) in [7, 11) is 5.63. The minimum absolute atomic E-state index is 0.232. The van der Waals surface area contributed by atoms with Crippen molar-refractivity contribution in [1.82, 2.24) is 14.5 Å². The van der Waals surface area contributed by atoms with E-state index in [1.807, 2.05) is 11.9 Å². The Morgan fingerprint density at radius 2 is 1.92 bits per heavy atom. The zero-order valence-electron chi connectivity index (χ0n) is 15.5. The number of piperazine rings is 1. The second kappa shape index (κ2) is 6.09. The molecule has 0 N–H and O–H groups in total. The molecule has 1 aromatic heterocycles. The van der Waals surface area contributed by atoms with Crippen molar-refractivity contribution in [2.45, 2.75) is 19.4 Å². The summed E-state index contributed by atoms with van der Waals surface area (Å²) in [5.41, 5.74) is 1.04. The molecule has 0 saturated carbocycles. The molecule has 0 spiro atoms. The first-order valence-corrected chi connectivity index (χ1v) is 9.23. The van der Waals surface area contributed by atoms with Crippen LogP contribution in [0.5, 0.6) is 0 Å². The Morgan fingerprint density at radius 3 is 2.65 bits per heavy atom. The van der Waals surface area contributed by atoms with Crippen LogP contribution in [0.3, 0.4) is 0 Å². The average Bonchev–Trinajstić information content (AvgIpc) is 2.60. The van der Waals surface area contributed by atoms with E-state index in [1.165, 1.54) is 4.57 Å². The van der Waals surface area contributed by atoms with E-state index >= 15 is 4.39 Å². The van der Waals surface area contributed by atoms with Crippen LogP contribution in [0.4, 0.5) is 15.9 Å². The minimum Gasteiger partial charge on any atom is -0.371 e. The number of fused-ring (bicyclic) bond motifs is 2. The van der Waals surface area contributed by atoms with Crippen LogP contribution in [0.25, 0.3) is 10.9 Å². The highest BCUT2D eigenvalue weighted by Gasteiger charge is 2.34. The van der Waals surface area contributed by atoms with E-state index < -0.39 is 0 Å². The van der Waals surface area contributed by atoms with Crippen LogP contribution in [-0.4, -0.2) is 60.8 Å². The number of benzene rings is 1. The maximum absolute atomic E-state index is 15.2. The Bertz CT molecular complexity index is 959. The number of halogens is 2. The van der Waals surface area contributed by atoms with Crippen molar-refractivity contribution >= 4 is 34.0 Å². The fourth-order valence-electron chi connectivity index (χ4n) is 4.18. The predicted octanol–water partition coefficient (Wildman–Crippen LogP) is 1.99. The molecule has 2 aliphatic heterocycles. The first-order chi connectivity index (χ1) is 12.3. The number of aromatic nitrogens is 2. The smallest absolute Gasteiger partial charge is 0.349 e. The Balaban J connectivity index is 2.14. The summed E-state index contributed by atoms with van der Waals surface area (Å²) >= 11 is 6.50. The molecule has 2 aromatic rings. The summed E-state index contributed by atoms with van der Waals surface area (Å²) in [4.78, 5) is 23.3. The van der Waals surface area contributed by atoms with Crippen LogP contribution in [0.1, 0.15) is 12.0 Å². The maximum atomic E-state index is 15.2. The molecule has 4 rings (SSSR count). The molecule has 1 saturated heterocycles. The van der Waals surface area contributed by atoms with E-state index in [-0.39, 0.29) is 22.6 Å². The third kappa shape index (κ3) is 2.41. The zero-order chi connectivity index (χ0) is 18.7. The normalized spacial score (nSPS) is 20.9. The Morgan fingerprint density at radius 1 is 1.19 bits per heavy atom. The largest absolute Gasteiger partial charge is 0.371 e. The van der Waals surface area contributed by atoms with Crippen LogP contribution < -0.4 is 15.5 Å². The van der Waals surface area contributed by atoms with Gasteiger partial charge in [-0.25, -0.2) is 9.18 Å². The molecule has 0 amide bonds. The lowest BCUT2D eigenvalue weighted by atomic mass is 10.0. The molecular weight excluding hydrogens is 357 g/mol. The molecular formula is C18H23ClFN5O. The van der Waals surface area contributed by atoms with E-state index in [0.29, 0.717) is 28.0 Å². The van der Waals surface area contributed by atoms with Gasteiger partial charge in [-0.1, -0.05) is 11.6 Å². The van der Waals surface area contributed by atoms with Gasteiger partial charge < -0.3 is 14.7 Å². The lowest BCUT2D eigenvalue weighted by Crippen LogP contribution is -2.54. The lowest BCUT2D eigenvalue weighted by Gasteiger charge is -2.43. The molecule has 2 aliphatic rings. The number of anilines is 2. The fraction of sp³-hybridized carbons (Fsp3) is 0.556. The number of aryl methyl sites for hydroxylation is 1. The molecule has 0 bridgehead atoms. The van der Waals surface area contributed by atoms with Gasteiger partial charge in [-0.3, -0.25) is 4.57 Å². The molecule has 0 aliphatic carbocycles. The third-order valence-corrected chi connectivity index (χ3v) is 6.20. The second-order valence-electron chi connectivity index (χ2n) is 7.42. The molecule has 1 unspecified atom stereocenters. The lowest BCUT2D eigenvalue weighted by molar-refractivity contribution is 0.260. The van der Waals surface area contributed by atoms with Crippen LogP contribution in [0.15, 0.2) is 4.79 Å². The Kier molecular flexibility index (Phi) is 4.11. The van der Waals surface area contributed by atoms with Crippen molar-refractivity contribution in [3.63, 3.8) is 0 Å². The highest BCUT2D eigenvalue weighted by Crippen LogP contribution is 2.42. The number of nitrogens with zero attached hydrogens (tertiary/aromatic N) is 5. The number of hydrogen-bond donors (Lipinski definition) is 0.